The van der Waals surface area contributed by atoms with Gasteiger partial charge < -0.3 is 9.84 Å². The molecule has 5 aliphatic rings. The van der Waals surface area contributed by atoms with E-state index < -0.39 is 5.97 Å². The maximum absolute atomic E-state index is 11.8. The first-order valence-corrected chi connectivity index (χ1v) is 13.7. The van der Waals surface area contributed by atoms with E-state index >= 15 is 0 Å². The van der Waals surface area contributed by atoms with E-state index in [2.05, 4.69) is 41.5 Å². The lowest BCUT2D eigenvalue weighted by Crippen LogP contribution is -2.58. The van der Waals surface area contributed by atoms with Crippen LogP contribution >= 0.6 is 0 Å². The first-order chi connectivity index (χ1) is 15.3. The molecule has 5 rings (SSSR count). The van der Waals surface area contributed by atoms with Crippen LogP contribution < -0.4 is 0 Å². The molecule has 5 saturated carbocycles. The second kappa shape index (κ2) is 7.00. The Bertz CT molecular complexity index is 864. The zero-order valence-corrected chi connectivity index (χ0v) is 22.0. The number of carboxylic acids is 1. The van der Waals surface area contributed by atoms with Crippen LogP contribution in [0.1, 0.15) is 106 Å². The highest BCUT2D eigenvalue weighted by molar-refractivity contribution is 5.67. The third kappa shape index (κ3) is 2.65. The second-order valence-corrected chi connectivity index (χ2v) is 14.0. The second-order valence-electron chi connectivity index (χ2n) is 14.0. The van der Waals surface area contributed by atoms with E-state index in [0.717, 1.165) is 18.3 Å². The van der Waals surface area contributed by atoms with Crippen molar-refractivity contribution in [2.75, 3.05) is 0 Å². The lowest BCUT2D eigenvalue weighted by molar-refractivity contribution is -0.181. The van der Waals surface area contributed by atoms with Crippen LogP contribution in [0.3, 0.4) is 0 Å². The van der Waals surface area contributed by atoms with Crippen LogP contribution in [0.5, 0.6) is 0 Å². The van der Waals surface area contributed by atoms with Gasteiger partial charge in [0.15, 0.2) is 0 Å². The molecule has 33 heavy (non-hydrogen) atoms. The summed E-state index contributed by atoms with van der Waals surface area (Å²) in [6, 6.07) is 0. The summed E-state index contributed by atoms with van der Waals surface area (Å²) < 4.78 is 5.88. The standard InChI is InChI=1S/C29H46O4/c1-17(16-24(31)32)20-10-12-27(7)22-9-8-21-25(4,5)23(33-19(3)30)11-13-28(21)18(2)29(22,28)15-14-26(20,27)6/h17-18,20-23H,8-16H2,1-7H3,(H,31,32)/t17-,18-,20-,21+,22+,23+,26-,27+,28-,29+/m1/s1. The number of rotatable bonds is 4. The smallest absolute Gasteiger partial charge is 0.303 e. The number of carbonyl (C=O) groups excluding carboxylic acids is 1. The van der Waals surface area contributed by atoms with Gasteiger partial charge in [0.2, 0.25) is 0 Å². The van der Waals surface area contributed by atoms with Crippen molar-refractivity contribution in [3.8, 4) is 0 Å². The van der Waals surface area contributed by atoms with E-state index in [0.29, 0.717) is 34.5 Å². The number of carbonyl (C=O) groups is 2. The molecule has 0 aromatic carbocycles. The zero-order valence-electron chi connectivity index (χ0n) is 22.0. The number of carboxylic acid groups (broad SMARTS) is 1. The van der Waals surface area contributed by atoms with Crippen LogP contribution in [0.15, 0.2) is 0 Å². The van der Waals surface area contributed by atoms with Crippen LogP contribution in [-0.4, -0.2) is 23.1 Å². The van der Waals surface area contributed by atoms with E-state index in [4.69, 9.17) is 4.74 Å². The quantitative estimate of drug-likeness (QED) is 0.475. The van der Waals surface area contributed by atoms with Gasteiger partial charge in [-0.25, -0.2) is 0 Å². The number of aliphatic carboxylic acids is 1. The highest BCUT2D eigenvalue weighted by Gasteiger charge is 2.86. The molecule has 0 radical (unpaired) electrons. The Balaban J connectivity index is 1.48. The largest absolute Gasteiger partial charge is 0.481 e. The molecule has 0 bridgehead atoms. The minimum Gasteiger partial charge on any atom is -0.481 e. The molecule has 0 amide bonds. The lowest BCUT2D eigenvalue weighted by Gasteiger charge is -2.63. The molecule has 0 aromatic rings. The summed E-state index contributed by atoms with van der Waals surface area (Å²) in [6.45, 7) is 16.2. The fraction of sp³-hybridized carbons (Fsp3) is 0.931. The molecule has 0 aromatic heterocycles. The number of ether oxygens (including phenoxy) is 1. The van der Waals surface area contributed by atoms with Crippen molar-refractivity contribution in [2.24, 2.45) is 56.7 Å². The summed E-state index contributed by atoms with van der Waals surface area (Å²) in [7, 11) is 0. The molecule has 186 valence electrons. The Morgan fingerprint density at radius 2 is 1.55 bits per heavy atom. The molecule has 4 heteroatoms. The van der Waals surface area contributed by atoms with Gasteiger partial charge in [0.1, 0.15) is 6.10 Å². The van der Waals surface area contributed by atoms with Crippen LogP contribution in [-0.2, 0) is 14.3 Å². The highest BCUT2D eigenvalue weighted by Crippen LogP contribution is 2.91. The van der Waals surface area contributed by atoms with Crippen LogP contribution in [0.2, 0.25) is 0 Å². The van der Waals surface area contributed by atoms with Crippen molar-refractivity contribution in [3.63, 3.8) is 0 Å². The molecule has 0 aliphatic heterocycles. The van der Waals surface area contributed by atoms with Crippen molar-refractivity contribution in [2.45, 2.75) is 112 Å². The van der Waals surface area contributed by atoms with Gasteiger partial charge in [-0.3, -0.25) is 9.59 Å². The van der Waals surface area contributed by atoms with E-state index in [1.165, 1.54) is 44.9 Å². The average Bonchev–Trinajstić information content (AvgIpc) is 3.09. The summed E-state index contributed by atoms with van der Waals surface area (Å²) in [5.74, 6) is 2.12. The average molecular weight is 459 g/mol. The third-order valence-corrected chi connectivity index (χ3v) is 13.3. The van der Waals surface area contributed by atoms with E-state index in [1.54, 1.807) is 6.92 Å². The minimum absolute atomic E-state index is 0.0303. The summed E-state index contributed by atoms with van der Waals surface area (Å²) >= 11 is 0. The topological polar surface area (TPSA) is 63.6 Å². The minimum atomic E-state index is -0.644. The van der Waals surface area contributed by atoms with Crippen molar-refractivity contribution in [1.29, 1.82) is 0 Å². The van der Waals surface area contributed by atoms with Gasteiger partial charge in [0.05, 0.1) is 0 Å². The number of fused-ring (bicyclic) bond motifs is 2. The van der Waals surface area contributed by atoms with Crippen molar-refractivity contribution in [1.82, 2.24) is 0 Å². The van der Waals surface area contributed by atoms with Gasteiger partial charge >= 0.3 is 11.9 Å². The van der Waals surface area contributed by atoms with Crippen LogP contribution in [0.25, 0.3) is 0 Å². The van der Waals surface area contributed by atoms with Gasteiger partial charge in [-0.05, 0) is 103 Å². The number of hydrogen-bond donors (Lipinski definition) is 1. The first kappa shape index (κ1) is 23.7. The molecule has 1 N–H and O–H groups in total. The first-order valence-electron chi connectivity index (χ1n) is 13.7. The molecule has 2 spiro atoms. The highest BCUT2D eigenvalue weighted by atomic mass is 16.5. The Morgan fingerprint density at radius 3 is 2.18 bits per heavy atom. The normalized spacial score (nSPS) is 52.5. The summed E-state index contributed by atoms with van der Waals surface area (Å²) in [5, 5.41) is 9.48. The Labute approximate surface area is 200 Å². The fourth-order valence-corrected chi connectivity index (χ4v) is 11.8. The van der Waals surface area contributed by atoms with Crippen LogP contribution in [0.4, 0.5) is 0 Å². The molecular weight excluding hydrogens is 412 g/mol. The Hall–Kier alpha value is -1.06. The van der Waals surface area contributed by atoms with Crippen molar-refractivity contribution in [3.05, 3.63) is 0 Å². The maximum Gasteiger partial charge on any atom is 0.303 e. The summed E-state index contributed by atoms with van der Waals surface area (Å²) in [5.41, 5.74) is 1.43. The third-order valence-electron chi connectivity index (χ3n) is 13.3. The SMILES string of the molecule is CC(=O)O[C@H]1CC[C@]23[C@@H](C)[C@]24CC[C@]2(C)[C@@H]([C@H](C)CC(=O)O)CC[C@@]2(C)[C@@H]4CC[C@H]3C1(C)C. The van der Waals surface area contributed by atoms with Gasteiger partial charge in [-0.2, -0.15) is 0 Å². The molecule has 4 nitrogen and oxygen atoms in total. The Kier molecular flexibility index (Phi) is 5.02. The predicted molar refractivity (Wildman–Crippen MR) is 128 cm³/mol. The molecule has 0 heterocycles. The fourth-order valence-electron chi connectivity index (χ4n) is 11.8. The van der Waals surface area contributed by atoms with Gasteiger partial charge in [0, 0.05) is 18.8 Å². The molecule has 5 aliphatic carbocycles. The lowest BCUT2D eigenvalue weighted by atomic mass is 9.41. The molecular formula is C29H46O4. The number of hydrogen-bond acceptors (Lipinski definition) is 3. The van der Waals surface area contributed by atoms with E-state index in [-0.39, 0.29) is 28.8 Å². The van der Waals surface area contributed by atoms with Gasteiger partial charge in [-0.1, -0.05) is 41.5 Å². The monoisotopic (exact) mass is 458 g/mol. The number of esters is 1. The predicted octanol–water partition coefficient (Wildman–Crippen LogP) is 6.71. The van der Waals surface area contributed by atoms with E-state index in [1.807, 2.05) is 0 Å². The van der Waals surface area contributed by atoms with Crippen molar-refractivity contribution >= 4 is 11.9 Å². The van der Waals surface area contributed by atoms with Gasteiger partial charge in [0.25, 0.3) is 0 Å². The maximum atomic E-state index is 11.8. The molecule has 5 fully saturated rings. The zero-order chi connectivity index (χ0) is 24.2. The van der Waals surface area contributed by atoms with Crippen molar-refractivity contribution < 1.29 is 19.4 Å². The Morgan fingerprint density at radius 1 is 0.909 bits per heavy atom. The van der Waals surface area contributed by atoms with Gasteiger partial charge in [-0.15, -0.1) is 0 Å². The summed E-state index contributed by atoms with van der Waals surface area (Å²) in [6.07, 6.45) is 10.1. The summed E-state index contributed by atoms with van der Waals surface area (Å²) in [4.78, 5) is 23.4. The molecule has 10 atom stereocenters. The molecule has 0 saturated heterocycles. The van der Waals surface area contributed by atoms with Crippen LogP contribution in [0, 0.1) is 56.7 Å². The van der Waals surface area contributed by atoms with E-state index in [9.17, 15) is 14.7 Å². The molecule has 0 unspecified atom stereocenters.